The van der Waals surface area contributed by atoms with Gasteiger partial charge in [-0.05, 0) is 18.4 Å². The van der Waals surface area contributed by atoms with Crippen molar-refractivity contribution in [2.24, 2.45) is 16.8 Å². The van der Waals surface area contributed by atoms with Crippen LogP contribution in [-0.2, 0) is 4.79 Å². The number of nitrogens with two attached hydrogens (primary N) is 1. The highest BCUT2D eigenvalue weighted by Gasteiger charge is 2.33. The lowest BCUT2D eigenvalue weighted by Crippen LogP contribution is -2.57. The predicted molar refractivity (Wildman–Crippen MR) is 54.5 cm³/mol. The molecule has 0 aromatic heterocycles. The molecule has 0 aliphatic rings. The molecule has 0 bridgehead atoms. The van der Waals surface area contributed by atoms with Crippen LogP contribution in [0.4, 0.5) is 0 Å². The van der Waals surface area contributed by atoms with Gasteiger partial charge in [0.25, 0.3) is 0 Å². The maximum atomic E-state index is 11.2. The normalized spacial score (nSPS) is 14.6. The van der Waals surface area contributed by atoms with Crippen molar-refractivity contribution < 1.29 is 4.79 Å². The number of primary amides is 1. The summed E-state index contributed by atoms with van der Waals surface area (Å²) in [6.45, 7) is 6.32. The molecule has 1 unspecified atom stereocenters. The number of hydrogen-bond donors (Lipinski definition) is 2. The van der Waals surface area contributed by atoms with Crippen molar-refractivity contribution in [3.05, 3.63) is 10.4 Å². The molecule has 3 N–H and O–H groups in total. The van der Waals surface area contributed by atoms with E-state index in [2.05, 4.69) is 15.3 Å². The average Bonchev–Trinajstić information content (AvgIpc) is 2.11. The molecule has 0 saturated carbocycles. The lowest BCUT2D eigenvalue weighted by molar-refractivity contribution is -0.125. The monoisotopic (exact) mass is 199 g/mol. The first-order valence-electron chi connectivity index (χ1n) is 4.51. The summed E-state index contributed by atoms with van der Waals surface area (Å²) >= 11 is 0. The Morgan fingerprint density at radius 1 is 1.71 bits per heavy atom. The zero-order valence-corrected chi connectivity index (χ0v) is 8.82. The maximum Gasteiger partial charge on any atom is 0.237 e. The molecule has 1 amide bonds. The van der Waals surface area contributed by atoms with E-state index in [1.165, 1.54) is 0 Å². The molecule has 6 heteroatoms. The number of rotatable bonds is 6. The molecular formula is C8H17N5O. The Balaban J connectivity index is 4.24. The second-order valence-corrected chi connectivity index (χ2v) is 3.60. The van der Waals surface area contributed by atoms with Gasteiger partial charge in [0.15, 0.2) is 0 Å². The second-order valence-electron chi connectivity index (χ2n) is 3.60. The zero-order chi connectivity index (χ0) is 11.2. The van der Waals surface area contributed by atoms with Crippen molar-refractivity contribution >= 4 is 5.91 Å². The topological polar surface area (TPSA) is 104 Å². The van der Waals surface area contributed by atoms with Crippen molar-refractivity contribution in [2.75, 3.05) is 13.1 Å². The van der Waals surface area contributed by atoms with Crippen LogP contribution in [0.5, 0.6) is 0 Å². The lowest BCUT2D eigenvalue weighted by Gasteiger charge is -2.31. The highest BCUT2D eigenvalue weighted by atomic mass is 16.1. The van der Waals surface area contributed by atoms with Gasteiger partial charge in [0, 0.05) is 18.0 Å². The van der Waals surface area contributed by atoms with E-state index in [1.807, 2.05) is 13.8 Å². The molecule has 0 aromatic carbocycles. The van der Waals surface area contributed by atoms with Crippen molar-refractivity contribution in [1.29, 1.82) is 0 Å². The summed E-state index contributed by atoms with van der Waals surface area (Å²) in [6, 6.07) is 0. The lowest BCUT2D eigenvalue weighted by atomic mass is 9.88. The zero-order valence-electron chi connectivity index (χ0n) is 8.82. The summed E-state index contributed by atoms with van der Waals surface area (Å²) in [6.07, 6.45) is 0. The minimum Gasteiger partial charge on any atom is -0.368 e. The predicted octanol–water partition coefficient (Wildman–Crippen LogP) is 0.786. The smallest absolute Gasteiger partial charge is 0.237 e. The van der Waals surface area contributed by atoms with Gasteiger partial charge < -0.3 is 11.1 Å². The average molecular weight is 199 g/mol. The molecule has 0 aliphatic heterocycles. The number of nitrogens with one attached hydrogen (secondary N) is 1. The Kier molecular flexibility index (Phi) is 4.97. The first kappa shape index (κ1) is 12.7. The van der Waals surface area contributed by atoms with Gasteiger partial charge in [0.05, 0.1) is 5.54 Å². The van der Waals surface area contributed by atoms with Gasteiger partial charge in [-0.25, -0.2) is 0 Å². The first-order valence-corrected chi connectivity index (χ1v) is 4.51. The SMILES string of the molecule is CC(C)C(C)(NCCN=[N+]=[N-])C(N)=O. The van der Waals surface area contributed by atoms with Crippen LogP contribution in [0.15, 0.2) is 5.11 Å². The van der Waals surface area contributed by atoms with Crippen LogP contribution >= 0.6 is 0 Å². The number of amides is 1. The van der Waals surface area contributed by atoms with Gasteiger partial charge in [-0.15, -0.1) is 0 Å². The Hall–Kier alpha value is -1.26. The van der Waals surface area contributed by atoms with E-state index in [1.54, 1.807) is 6.92 Å². The molecule has 0 spiro atoms. The van der Waals surface area contributed by atoms with Crippen LogP contribution in [0.1, 0.15) is 20.8 Å². The third kappa shape index (κ3) is 3.24. The van der Waals surface area contributed by atoms with Crippen LogP contribution in [0.3, 0.4) is 0 Å². The van der Waals surface area contributed by atoms with Crippen LogP contribution in [-0.4, -0.2) is 24.5 Å². The van der Waals surface area contributed by atoms with Gasteiger partial charge in [-0.3, -0.25) is 4.79 Å². The van der Waals surface area contributed by atoms with Gasteiger partial charge in [-0.1, -0.05) is 19.0 Å². The summed E-state index contributed by atoms with van der Waals surface area (Å²) < 4.78 is 0. The maximum absolute atomic E-state index is 11.2. The standard InChI is InChI=1S/C8H17N5O/c1-6(2)8(3,7(9)14)11-4-5-12-13-10/h6,11H,4-5H2,1-3H3,(H2,9,14). The molecule has 1 atom stereocenters. The molecular weight excluding hydrogens is 182 g/mol. The molecule has 0 radical (unpaired) electrons. The fraction of sp³-hybridized carbons (Fsp3) is 0.875. The van der Waals surface area contributed by atoms with E-state index in [9.17, 15) is 4.79 Å². The molecule has 0 aromatic rings. The van der Waals surface area contributed by atoms with E-state index in [-0.39, 0.29) is 5.92 Å². The Labute approximate surface area is 83.5 Å². The van der Waals surface area contributed by atoms with Crippen molar-refractivity contribution in [3.63, 3.8) is 0 Å². The highest BCUT2D eigenvalue weighted by Crippen LogP contribution is 2.15. The summed E-state index contributed by atoms with van der Waals surface area (Å²) in [4.78, 5) is 13.8. The minimum atomic E-state index is -0.745. The third-order valence-electron chi connectivity index (χ3n) is 2.43. The largest absolute Gasteiger partial charge is 0.368 e. The summed E-state index contributed by atoms with van der Waals surface area (Å²) in [7, 11) is 0. The molecule has 0 heterocycles. The van der Waals surface area contributed by atoms with E-state index < -0.39 is 11.4 Å². The summed E-state index contributed by atoms with van der Waals surface area (Å²) in [5.74, 6) is -0.306. The summed E-state index contributed by atoms with van der Waals surface area (Å²) in [5, 5.41) is 6.35. The molecule has 0 saturated heterocycles. The fourth-order valence-corrected chi connectivity index (χ4v) is 0.986. The van der Waals surface area contributed by atoms with E-state index in [0.717, 1.165) is 0 Å². The molecule has 14 heavy (non-hydrogen) atoms. The van der Waals surface area contributed by atoms with E-state index >= 15 is 0 Å². The Bertz CT molecular complexity index is 246. The Morgan fingerprint density at radius 3 is 2.64 bits per heavy atom. The van der Waals surface area contributed by atoms with Crippen LogP contribution < -0.4 is 11.1 Å². The first-order chi connectivity index (χ1) is 6.45. The third-order valence-corrected chi connectivity index (χ3v) is 2.43. The van der Waals surface area contributed by atoms with Crippen LogP contribution in [0.25, 0.3) is 10.4 Å². The summed E-state index contributed by atoms with van der Waals surface area (Å²) in [5.41, 5.74) is 12.6. The van der Waals surface area contributed by atoms with E-state index in [4.69, 9.17) is 11.3 Å². The number of nitrogens with zero attached hydrogens (tertiary/aromatic N) is 3. The van der Waals surface area contributed by atoms with Crippen LogP contribution in [0, 0.1) is 5.92 Å². The van der Waals surface area contributed by atoms with Crippen molar-refractivity contribution in [1.82, 2.24) is 5.32 Å². The van der Waals surface area contributed by atoms with Crippen molar-refractivity contribution in [3.8, 4) is 0 Å². The number of carbonyl (C=O) groups excluding carboxylic acids is 1. The second kappa shape index (κ2) is 5.47. The molecule has 0 aliphatic carbocycles. The van der Waals surface area contributed by atoms with Gasteiger partial charge in [0.2, 0.25) is 5.91 Å². The highest BCUT2D eigenvalue weighted by molar-refractivity contribution is 5.84. The quantitative estimate of drug-likeness (QED) is 0.285. The minimum absolute atomic E-state index is 0.0889. The molecule has 6 nitrogen and oxygen atoms in total. The molecule has 0 rings (SSSR count). The van der Waals surface area contributed by atoms with Gasteiger partial charge >= 0.3 is 0 Å². The number of hydrogen-bond acceptors (Lipinski definition) is 3. The van der Waals surface area contributed by atoms with Crippen molar-refractivity contribution in [2.45, 2.75) is 26.3 Å². The fourth-order valence-electron chi connectivity index (χ4n) is 0.986. The number of carbonyl (C=O) groups is 1. The molecule has 80 valence electrons. The molecule has 0 fully saturated rings. The van der Waals surface area contributed by atoms with Gasteiger partial charge in [-0.2, -0.15) is 0 Å². The number of azide groups is 1. The Morgan fingerprint density at radius 2 is 2.29 bits per heavy atom. The van der Waals surface area contributed by atoms with Gasteiger partial charge in [0.1, 0.15) is 0 Å². The van der Waals surface area contributed by atoms with Crippen LogP contribution in [0.2, 0.25) is 0 Å². The van der Waals surface area contributed by atoms with E-state index in [0.29, 0.717) is 13.1 Å².